The van der Waals surface area contributed by atoms with Crippen LogP contribution in [-0.2, 0) is 5.41 Å². The molecule has 2 nitrogen and oxygen atoms in total. The van der Waals surface area contributed by atoms with E-state index in [0.29, 0.717) is 0 Å². The van der Waals surface area contributed by atoms with E-state index in [2.05, 4.69) is 189 Å². The smallest absolute Gasteiger partial charge is 0.143 e. The molecule has 242 valence electrons. The SMILES string of the molecule is CC1(C)c2cc(N(c3ccc(-c4ccccc4)cc3)c3ccc(-c4ccccc4)c4ccccc34)ccc2-c2c1ccc1c2oc2ccccc21. The van der Waals surface area contributed by atoms with Crippen LogP contribution in [0.3, 0.4) is 0 Å². The van der Waals surface area contributed by atoms with Gasteiger partial charge in [-0.15, -0.1) is 0 Å². The largest absolute Gasteiger partial charge is 0.455 e. The standard InChI is InChI=1S/C49H35NO/c1-49(2)43-29-27-41-40-19-11-12-20-46(40)51-48(41)47(43)42-26-25-36(31-44(42)49)50(35-23-21-33(22-24-35)32-13-5-3-6-14-32)45-30-28-37(34-15-7-4-8-16-34)38-17-9-10-18-39(38)45/h3-31H,1-2H3. The minimum Gasteiger partial charge on any atom is -0.455 e. The quantitative estimate of drug-likeness (QED) is 0.184. The highest BCUT2D eigenvalue weighted by molar-refractivity contribution is 6.12. The summed E-state index contributed by atoms with van der Waals surface area (Å²) in [6.07, 6.45) is 0. The van der Waals surface area contributed by atoms with Crippen LogP contribution in [0.4, 0.5) is 17.1 Å². The van der Waals surface area contributed by atoms with Gasteiger partial charge in [0.2, 0.25) is 0 Å². The van der Waals surface area contributed by atoms with Crippen LogP contribution in [-0.4, -0.2) is 0 Å². The molecule has 2 heteroatoms. The van der Waals surface area contributed by atoms with Gasteiger partial charge in [-0.3, -0.25) is 0 Å². The minimum atomic E-state index is -0.212. The minimum absolute atomic E-state index is 0.212. The van der Waals surface area contributed by atoms with Gasteiger partial charge in [-0.1, -0.05) is 153 Å². The molecule has 0 bridgehead atoms. The number of hydrogen-bond donors (Lipinski definition) is 0. The third-order valence-corrected chi connectivity index (χ3v) is 10.9. The van der Waals surface area contributed by atoms with Crippen molar-refractivity contribution < 1.29 is 4.42 Å². The number of rotatable bonds is 5. The topological polar surface area (TPSA) is 16.4 Å². The van der Waals surface area contributed by atoms with Gasteiger partial charge in [0, 0.05) is 38.5 Å². The van der Waals surface area contributed by atoms with Crippen molar-refractivity contribution in [3.8, 4) is 33.4 Å². The molecule has 0 amide bonds. The summed E-state index contributed by atoms with van der Waals surface area (Å²) >= 11 is 0. The molecular formula is C49H35NO. The zero-order valence-corrected chi connectivity index (χ0v) is 28.6. The molecule has 1 heterocycles. The van der Waals surface area contributed by atoms with Crippen LogP contribution in [0.5, 0.6) is 0 Å². The summed E-state index contributed by atoms with van der Waals surface area (Å²) in [7, 11) is 0. The van der Waals surface area contributed by atoms with Gasteiger partial charge in [-0.05, 0) is 80.7 Å². The molecular weight excluding hydrogens is 619 g/mol. The Morgan fingerprint density at radius 2 is 1.04 bits per heavy atom. The lowest BCUT2D eigenvalue weighted by Gasteiger charge is -2.29. The fraction of sp³-hybridized carbons (Fsp3) is 0.0612. The molecule has 0 spiro atoms. The third kappa shape index (κ3) is 4.57. The fourth-order valence-electron chi connectivity index (χ4n) is 8.34. The monoisotopic (exact) mass is 653 g/mol. The van der Waals surface area contributed by atoms with E-state index in [4.69, 9.17) is 4.42 Å². The van der Waals surface area contributed by atoms with Gasteiger partial charge in [-0.25, -0.2) is 0 Å². The van der Waals surface area contributed by atoms with Gasteiger partial charge < -0.3 is 9.32 Å². The van der Waals surface area contributed by atoms with Crippen molar-refractivity contribution in [2.24, 2.45) is 0 Å². The molecule has 0 saturated carbocycles. The number of nitrogens with zero attached hydrogens (tertiary/aromatic N) is 1. The van der Waals surface area contributed by atoms with E-state index >= 15 is 0 Å². The van der Waals surface area contributed by atoms with Gasteiger partial charge in [-0.2, -0.15) is 0 Å². The Morgan fingerprint density at radius 3 is 1.80 bits per heavy atom. The highest BCUT2D eigenvalue weighted by Crippen LogP contribution is 2.54. The summed E-state index contributed by atoms with van der Waals surface area (Å²) in [6.45, 7) is 4.69. The summed E-state index contributed by atoms with van der Waals surface area (Å²) in [5.74, 6) is 0. The first-order valence-corrected chi connectivity index (χ1v) is 17.7. The predicted octanol–water partition coefficient (Wildman–Crippen LogP) is 13.8. The van der Waals surface area contributed by atoms with Crippen LogP contribution < -0.4 is 4.90 Å². The zero-order chi connectivity index (χ0) is 34.1. The van der Waals surface area contributed by atoms with Crippen LogP contribution in [0.2, 0.25) is 0 Å². The molecule has 0 N–H and O–H groups in total. The van der Waals surface area contributed by atoms with E-state index in [9.17, 15) is 0 Å². The molecule has 9 aromatic rings. The van der Waals surface area contributed by atoms with E-state index in [1.807, 2.05) is 6.07 Å². The maximum atomic E-state index is 6.59. The summed E-state index contributed by atoms with van der Waals surface area (Å²) in [5, 5.41) is 4.77. The Bertz CT molecular complexity index is 2760. The van der Waals surface area contributed by atoms with Crippen molar-refractivity contribution in [1.29, 1.82) is 0 Å². The molecule has 0 aliphatic heterocycles. The lowest BCUT2D eigenvalue weighted by Crippen LogP contribution is -2.16. The third-order valence-electron chi connectivity index (χ3n) is 10.9. The molecule has 0 atom stereocenters. The molecule has 51 heavy (non-hydrogen) atoms. The molecule has 10 rings (SSSR count). The van der Waals surface area contributed by atoms with Crippen molar-refractivity contribution in [2.45, 2.75) is 19.3 Å². The maximum absolute atomic E-state index is 6.59. The van der Waals surface area contributed by atoms with E-state index in [1.165, 1.54) is 60.7 Å². The van der Waals surface area contributed by atoms with Gasteiger partial charge >= 0.3 is 0 Å². The second kappa shape index (κ2) is 11.3. The van der Waals surface area contributed by atoms with Crippen molar-refractivity contribution in [2.75, 3.05) is 4.90 Å². The normalized spacial score (nSPS) is 13.1. The Hall–Kier alpha value is -6.38. The summed E-state index contributed by atoms with van der Waals surface area (Å²) in [4.78, 5) is 2.43. The second-order valence-corrected chi connectivity index (χ2v) is 14.1. The second-order valence-electron chi connectivity index (χ2n) is 14.1. The van der Waals surface area contributed by atoms with Gasteiger partial charge in [0.1, 0.15) is 11.2 Å². The molecule has 0 unspecified atom stereocenters. The van der Waals surface area contributed by atoms with Crippen LogP contribution in [0, 0.1) is 0 Å². The number of para-hydroxylation sites is 1. The van der Waals surface area contributed by atoms with Crippen molar-refractivity contribution in [3.05, 3.63) is 187 Å². The molecule has 0 fully saturated rings. The number of furan rings is 1. The molecule has 1 aromatic heterocycles. The highest BCUT2D eigenvalue weighted by Gasteiger charge is 2.38. The first-order valence-electron chi connectivity index (χ1n) is 17.7. The molecule has 0 radical (unpaired) electrons. The number of fused-ring (bicyclic) bond motifs is 8. The number of anilines is 3. The lowest BCUT2D eigenvalue weighted by atomic mass is 9.82. The summed E-state index contributed by atoms with van der Waals surface area (Å²) in [5.41, 5.74) is 15.0. The summed E-state index contributed by atoms with van der Waals surface area (Å²) < 4.78 is 6.59. The predicted molar refractivity (Wildman–Crippen MR) is 214 cm³/mol. The number of benzene rings is 8. The van der Waals surface area contributed by atoms with E-state index in [1.54, 1.807) is 0 Å². The van der Waals surface area contributed by atoms with Crippen LogP contribution >= 0.6 is 0 Å². The van der Waals surface area contributed by atoms with Crippen LogP contribution in [0.15, 0.2) is 180 Å². The molecule has 8 aromatic carbocycles. The first-order chi connectivity index (χ1) is 25.1. The number of hydrogen-bond acceptors (Lipinski definition) is 2. The Morgan fingerprint density at radius 1 is 0.431 bits per heavy atom. The Labute approximate surface area is 297 Å². The average Bonchev–Trinajstić information content (AvgIpc) is 3.68. The fourth-order valence-corrected chi connectivity index (χ4v) is 8.34. The van der Waals surface area contributed by atoms with Gasteiger partial charge in [0.25, 0.3) is 0 Å². The zero-order valence-electron chi connectivity index (χ0n) is 28.6. The molecule has 1 aliphatic rings. The first kappa shape index (κ1) is 29.5. The molecule has 1 aliphatic carbocycles. The average molecular weight is 654 g/mol. The van der Waals surface area contributed by atoms with E-state index in [-0.39, 0.29) is 5.41 Å². The van der Waals surface area contributed by atoms with Crippen molar-refractivity contribution in [3.63, 3.8) is 0 Å². The van der Waals surface area contributed by atoms with Crippen LogP contribution in [0.25, 0.3) is 66.1 Å². The van der Waals surface area contributed by atoms with Crippen LogP contribution in [0.1, 0.15) is 25.0 Å². The van der Waals surface area contributed by atoms with Gasteiger partial charge in [0.15, 0.2) is 0 Å². The van der Waals surface area contributed by atoms with Crippen molar-refractivity contribution in [1.82, 2.24) is 0 Å². The maximum Gasteiger partial charge on any atom is 0.143 e. The Balaban J connectivity index is 1.18. The lowest BCUT2D eigenvalue weighted by molar-refractivity contribution is 0.653. The van der Waals surface area contributed by atoms with Gasteiger partial charge in [0.05, 0.1) is 5.69 Å². The van der Waals surface area contributed by atoms with Crippen molar-refractivity contribution >= 4 is 49.8 Å². The summed E-state index contributed by atoms with van der Waals surface area (Å²) in [6, 6.07) is 63.6. The molecule has 0 saturated heterocycles. The van der Waals surface area contributed by atoms with E-state index in [0.717, 1.165) is 33.6 Å². The highest BCUT2D eigenvalue weighted by atomic mass is 16.3. The Kier molecular flexibility index (Phi) is 6.56. The van der Waals surface area contributed by atoms with E-state index < -0.39 is 0 Å².